The fraction of sp³-hybridized carbons (Fsp3) is 0.750. The first kappa shape index (κ1) is 15.8. The van der Waals surface area contributed by atoms with Crippen LogP contribution in [0.25, 0.3) is 0 Å². The highest BCUT2D eigenvalue weighted by Crippen LogP contribution is 2.06. The summed E-state index contributed by atoms with van der Waals surface area (Å²) in [6.07, 6.45) is 0. The smallest absolute Gasteiger partial charge is 0.318 e. The second-order valence-electron chi connectivity index (χ2n) is 4.41. The highest BCUT2D eigenvalue weighted by molar-refractivity contribution is 7.87. The highest BCUT2D eigenvalue weighted by atomic mass is 32.2. The van der Waals surface area contributed by atoms with E-state index in [1.54, 1.807) is 20.8 Å². The Morgan fingerprint density at radius 3 is 1.71 bits per heavy atom. The third-order valence-electron chi connectivity index (χ3n) is 1.40. The minimum absolute atomic E-state index is 0.350. The van der Waals surface area contributed by atoms with E-state index in [2.05, 4.69) is 4.72 Å². The van der Waals surface area contributed by atoms with E-state index in [9.17, 15) is 18.0 Å². The van der Waals surface area contributed by atoms with Gasteiger partial charge in [-0.15, -0.1) is 0 Å². The van der Waals surface area contributed by atoms with Gasteiger partial charge in [-0.2, -0.15) is 17.4 Å². The summed E-state index contributed by atoms with van der Waals surface area (Å²) in [5, 5.41) is 17.1. The van der Waals surface area contributed by atoms with Gasteiger partial charge in [0.05, 0.1) is 0 Å². The van der Waals surface area contributed by atoms with Gasteiger partial charge >= 0.3 is 11.9 Å². The van der Waals surface area contributed by atoms with Crippen LogP contribution >= 0.6 is 0 Å². The standard InChI is InChI=1S/C8H16N2O6S/c1-8(2,3)9-17(15,16)10(4-6(11)12)5-7(13)14/h9H,4-5H2,1-3H3,(H,11,12)(H,13,14). The summed E-state index contributed by atoms with van der Waals surface area (Å²) in [5.74, 6) is -2.85. The maximum absolute atomic E-state index is 11.7. The SMILES string of the molecule is CC(C)(C)NS(=O)(=O)N(CC(=O)O)CC(=O)O. The number of carboxylic acids is 2. The maximum atomic E-state index is 11.7. The molecule has 0 heterocycles. The van der Waals surface area contributed by atoms with Crippen molar-refractivity contribution in [2.24, 2.45) is 0 Å². The molecule has 0 spiro atoms. The van der Waals surface area contributed by atoms with E-state index in [0.29, 0.717) is 4.31 Å². The number of rotatable bonds is 6. The summed E-state index contributed by atoms with van der Waals surface area (Å²) in [6, 6.07) is 0. The molecule has 3 N–H and O–H groups in total. The van der Waals surface area contributed by atoms with Gasteiger partial charge in [0.1, 0.15) is 13.1 Å². The molecule has 0 fully saturated rings. The van der Waals surface area contributed by atoms with Crippen LogP contribution in [0.3, 0.4) is 0 Å². The lowest BCUT2D eigenvalue weighted by atomic mass is 10.1. The predicted octanol–water partition coefficient (Wildman–Crippen LogP) is -0.909. The normalized spacial score (nSPS) is 12.7. The molecule has 0 aromatic rings. The van der Waals surface area contributed by atoms with Crippen LogP contribution in [0.4, 0.5) is 0 Å². The third kappa shape index (κ3) is 6.87. The van der Waals surface area contributed by atoms with Crippen LogP contribution in [0.5, 0.6) is 0 Å². The van der Waals surface area contributed by atoms with Crippen molar-refractivity contribution in [2.75, 3.05) is 13.1 Å². The van der Waals surface area contributed by atoms with Crippen molar-refractivity contribution in [3.63, 3.8) is 0 Å². The molecular weight excluding hydrogens is 252 g/mol. The van der Waals surface area contributed by atoms with Crippen LogP contribution in [0.1, 0.15) is 20.8 Å². The van der Waals surface area contributed by atoms with Crippen molar-refractivity contribution in [3.8, 4) is 0 Å². The van der Waals surface area contributed by atoms with E-state index in [1.807, 2.05) is 0 Å². The fourth-order valence-corrected chi connectivity index (χ4v) is 2.44. The highest BCUT2D eigenvalue weighted by Gasteiger charge is 2.30. The van der Waals surface area contributed by atoms with Gasteiger partial charge in [-0.1, -0.05) is 0 Å². The number of carboxylic acid groups (broad SMARTS) is 2. The van der Waals surface area contributed by atoms with Gasteiger partial charge in [0.2, 0.25) is 0 Å². The Morgan fingerprint density at radius 1 is 1.12 bits per heavy atom. The Morgan fingerprint density at radius 2 is 1.47 bits per heavy atom. The number of carbonyl (C=O) groups is 2. The second-order valence-corrected chi connectivity index (χ2v) is 6.08. The van der Waals surface area contributed by atoms with Crippen LogP contribution in [0, 0.1) is 0 Å². The Hall–Kier alpha value is -1.19. The van der Waals surface area contributed by atoms with Gasteiger partial charge in [-0.3, -0.25) is 9.59 Å². The predicted molar refractivity (Wildman–Crippen MR) is 58.7 cm³/mol. The summed E-state index contributed by atoms with van der Waals surface area (Å²) in [4.78, 5) is 21.0. The van der Waals surface area contributed by atoms with Gasteiger partial charge in [0.15, 0.2) is 0 Å². The number of nitrogens with zero attached hydrogens (tertiary/aromatic N) is 1. The molecule has 0 aromatic carbocycles. The Kier molecular flexibility index (Phi) is 5.05. The number of hydrogen-bond donors (Lipinski definition) is 3. The number of nitrogens with one attached hydrogen (secondary N) is 1. The van der Waals surface area contributed by atoms with Gasteiger partial charge < -0.3 is 10.2 Å². The van der Waals surface area contributed by atoms with Gasteiger partial charge in [-0.25, -0.2) is 0 Å². The van der Waals surface area contributed by atoms with Gasteiger partial charge in [0, 0.05) is 5.54 Å². The first-order chi connectivity index (χ1) is 7.44. The third-order valence-corrected chi connectivity index (χ3v) is 3.21. The molecule has 0 unspecified atom stereocenters. The van der Waals surface area contributed by atoms with E-state index >= 15 is 0 Å². The molecule has 0 aliphatic carbocycles. The molecule has 100 valence electrons. The van der Waals surface area contributed by atoms with Crippen molar-refractivity contribution in [3.05, 3.63) is 0 Å². The topological polar surface area (TPSA) is 124 Å². The molecule has 8 nitrogen and oxygen atoms in total. The van der Waals surface area contributed by atoms with Crippen LogP contribution in [-0.2, 0) is 19.8 Å². The lowest BCUT2D eigenvalue weighted by Gasteiger charge is -2.25. The second kappa shape index (κ2) is 5.43. The molecule has 9 heteroatoms. The Labute approximate surface area is 99.4 Å². The summed E-state index contributed by atoms with van der Waals surface area (Å²) in [7, 11) is -4.15. The number of hydrogen-bond acceptors (Lipinski definition) is 4. The zero-order chi connectivity index (χ0) is 13.9. The van der Waals surface area contributed by atoms with Crippen molar-refractivity contribution in [1.82, 2.24) is 9.03 Å². The summed E-state index contributed by atoms with van der Waals surface area (Å²) < 4.78 is 25.9. The van der Waals surface area contributed by atoms with Crippen molar-refractivity contribution < 1.29 is 28.2 Å². The van der Waals surface area contributed by atoms with E-state index in [4.69, 9.17) is 10.2 Å². The summed E-state index contributed by atoms with van der Waals surface area (Å²) >= 11 is 0. The maximum Gasteiger partial charge on any atom is 0.318 e. The molecule has 0 bridgehead atoms. The molecule has 0 aliphatic rings. The largest absolute Gasteiger partial charge is 0.480 e. The van der Waals surface area contributed by atoms with Crippen LogP contribution in [0.15, 0.2) is 0 Å². The Balaban J connectivity index is 5.02. The first-order valence-electron chi connectivity index (χ1n) is 4.67. The minimum Gasteiger partial charge on any atom is -0.480 e. The first-order valence-corrected chi connectivity index (χ1v) is 6.11. The molecule has 0 atom stereocenters. The number of aliphatic carboxylic acids is 2. The average molecular weight is 268 g/mol. The monoisotopic (exact) mass is 268 g/mol. The van der Waals surface area contributed by atoms with E-state index < -0.39 is 40.8 Å². The van der Waals surface area contributed by atoms with E-state index in [0.717, 1.165) is 0 Å². The summed E-state index contributed by atoms with van der Waals surface area (Å²) in [5.41, 5.74) is -0.825. The van der Waals surface area contributed by atoms with E-state index in [-0.39, 0.29) is 0 Å². The van der Waals surface area contributed by atoms with Crippen LogP contribution in [0.2, 0.25) is 0 Å². The van der Waals surface area contributed by atoms with Crippen LogP contribution < -0.4 is 4.72 Å². The molecule has 0 aliphatic heterocycles. The van der Waals surface area contributed by atoms with E-state index in [1.165, 1.54) is 0 Å². The lowest BCUT2D eigenvalue weighted by molar-refractivity contribution is -0.139. The van der Waals surface area contributed by atoms with Crippen LogP contribution in [-0.4, -0.2) is 53.5 Å². The summed E-state index contributed by atoms with van der Waals surface area (Å²) in [6.45, 7) is 2.87. The molecule has 0 rings (SSSR count). The molecule has 0 aromatic heterocycles. The zero-order valence-corrected chi connectivity index (χ0v) is 10.6. The van der Waals surface area contributed by atoms with Crippen molar-refractivity contribution >= 4 is 22.1 Å². The molecule has 0 saturated carbocycles. The van der Waals surface area contributed by atoms with Crippen molar-refractivity contribution in [1.29, 1.82) is 0 Å². The molecule has 0 saturated heterocycles. The van der Waals surface area contributed by atoms with Gasteiger partial charge in [0.25, 0.3) is 10.2 Å². The molecule has 0 amide bonds. The van der Waals surface area contributed by atoms with Gasteiger partial charge in [-0.05, 0) is 20.8 Å². The average Bonchev–Trinajstić information content (AvgIpc) is 1.95. The fourth-order valence-electron chi connectivity index (χ4n) is 0.979. The molecule has 17 heavy (non-hydrogen) atoms. The molecular formula is C8H16N2O6S. The lowest BCUT2D eigenvalue weighted by Crippen LogP contribution is -2.51. The zero-order valence-electron chi connectivity index (χ0n) is 9.80. The Bertz CT molecular complexity index is 381. The molecule has 0 radical (unpaired) electrons. The van der Waals surface area contributed by atoms with Crippen molar-refractivity contribution in [2.45, 2.75) is 26.3 Å². The minimum atomic E-state index is -4.15. The quantitative estimate of drug-likeness (QED) is 0.573.